The molecule has 1 aliphatic heterocycles. The van der Waals surface area contributed by atoms with E-state index < -0.39 is 5.60 Å². The second kappa shape index (κ2) is 4.60. The normalized spacial score (nSPS) is 27.1. The van der Waals surface area contributed by atoms with Gasteiger partial charge in [0.15, 0.2) is 0 Å². The molecule has 1 amide bonds. The lowest BCUT2D eigenvalue weighted by Crippen LogP contribution is -2.40. The minimum atomic E-state index is -0.706. The summed E-state index contributed by atoms with van der Waals surface area (Å²) in [5.74, 6) is 0.153. The maximum atomic E-state index is 12.2. The van der Waals surface area contributed by atoms with Crippen LogP contribution in [-0.2, 0) is 4.79 Å². The topological polar surface area (TPSA) is 40.5 Å². The van der Waals surface area contributed by atoms with E-state index in [0.29, 0.717) is 6.42 Å². The summed E-state index contributed by atoms with van der Waals surface area (Å²) in [7, 11) is 0. The monoisotopic (exact) mass is 239 g/mol. The average molecular weight is 239 g/mol. The summed E-state index contributed by atoms with van der Waals surface area (Å²) >= 11 is 0. The number of carbonyl (C=O) groups excluding carboxylic acids is 1. The summed E-state index contributed by atoms with van der Waals surface area (Å²) < 4.78 is 0. The number of amides is 1. The average Bonchev–Trinajstić information content (AvgIpc) is 2.59. The molecule has 0 aromatic carbocycles. The quantitative estimate of drug-likeness (QED) is 0.803. The van der Waals surface area contributed by atoms with Crippen LogP contribution in [0.5, 0.6) is 0 Å². The van der Waals surface area contributed by atoms with Gasteiger partial charge in [0.2, 0.25) is 5.91 Å². The standard InChI is InChI=1S/C14H25NO2/c1-13(2)8-9-15(11-13)12(16)10-14(17)6-4-3-5-7-14/h17H,3-11H2,1-2H3. The van der Waals surface area contributed by atoms with Gasteiger partial charge in [0.25, 0.3) is 0 Å². The third kappa shape index (κ3) is 3.21. The van der Waals surface area contributed by atoms with E-state index in [-0.39, 0.29) is 11.3 Å². The van der Waals surface area contributed by atoms with E-state index in [1.807, 2.05) is 4.90 Å². The van der Waals surface area contributed by atoms with Crippen molar-refractivity contribution in [3.8, 4) is 0 Å². The first-order valence-electron chi connectivity index (χ1n) is 6.91. The number of hydrogen-bond donors (Lipinski definition) is 1. The van der Waals surface area contributed by atoms with E-state index in [4.69, 9.17) is 0 Å². The predicted molar refractivity (Wildman–Crippen MR) is 67.6 cm³/mol. The minimum absolute atomic E-state index is 0.153. The lowest BCUT2D eigenvalue weighted by Gasteiger charge is -2.33. The Balaban J connectivity index is 1.88. The van der Waals surface area contributed by atoms with Crippen LogP contribution in [0.15, 0.2) is 0 Å². The number of aliphatic hydroxyl groups is 1. The Labute approximate surface area is 104 Å². The van der Waals surface area contributed by atoms with Crippen molar-refractivity contribution >= 4 is 5.91 Å². The second-order valence-electron chi connectivity index (χ2n) is 6.69. The van der Waals surface area contributed by atoms with Crippen molar-refractivity contribution in [2.45, 2.75) is 64.4 Å². The highest BCUT2D eigenvalue weighted by Gasteiger charge is 2.37. The van der Waals surface area contributed by atoms with Gasteiger partial charge in [-0.25, -0.2) is 0 Å². The third-order valence-corrected chi connectivity index (χ3v) is 4.29. The molecule has 17 heavy (non-hydrogen) atoms. The largest absolute Gasteiger partial charge is 0.389 e. The van der Waals surface area contributed by atoms with E-state index in [9.17, 15) is 9.90 Å². The van der Waals surface area contributed by atoms with Gasteiger partial charge in [-0.3, -0.25) is 4.79 Å². The van der Waals surface area contributed by atoms with Crippen molar-refractivity contribution in [3.05, 3.63) is 0 Å². The SMILES string of the molecule is CC1(C)CCN(C(=O)CC2(O)CCCCC2)C1. The molecule has 0 aromatic rings. The molecule has 3 nitrogen and oxygen atoms in total. The maximum absolute atomic E-state index is 12.2. The molecule has 0 spiro atoms. The van der Waals surface area contributed by atoms with Crippen molar-refractivity contribution < 1.29 is 9.90 Å². The summed E-state index contributed by atoms with van der Waals surface area (Å²) in [6.07, 6.45) is 6.35. The summed E-state index contributed by atoms with van der Waals surface area (Å²) in [5.41, 5.74) is -0.451. The molecule has 0 atom stereocenters. The number of hydrogen-bond acceptors (Lipinski definition) is 2. The van der Waals surface area contributed by atoms with Crippen LogP contribution in [0.2, 0.25) is 0 Å². The Kier molecular flexibility index (Phi) is 3.48. The summed E-state index contributed by atoms with van der Waals surface area (Å²) in [6, 6.07) is 0. The van der Waals surface area contributed by atoms with Crippen molar-refractivity contribution in [1.82, 2.24) is 4.90 Å². The van der Waals surface area contributed by atoms with Gasteiger partial charge in [-0.05, 0) is 24.7 Å². The Morgan fingerprint density at radius 1 is 1.18 bits per heavy atom. The van der Waals surface area contributed by atoms with E-state index >= 15 is 0 Å². The zero-order valence-electron chi connectivity index (χ0n) is 11.2. The van der Waals surface area contributed by atoms with Crippen LogP contribution in [0.4, 0.5) is 0 Å². The number of likely N-dealkylation sites (tertiary alicyclic amines) is 1. The second-order valence-corrected chi connectivity index (χ2v) is 6.69. The molecule has 0 bridgehead atoms. The Morgan fingerprint density at radius 2 is 1.82 bits per heavy atom. The molecule has 1 saturated heterocycles. The van der Waals surface area contributed by atoms with Crippen LogP contribution >= 0.6 is 0 Å². The first-order valence-corrected chi connectivity index (χ1v) is 6.91. The molecule has 2 fully saturated rings. The molecule has 3 heteroatoms. The molecule has 2 rings (SSSR count). The van der Waals surface area contributed by atoms with Gasteiger partial charge in [-0.2, -0.15) is 0 Å². The Bertz CT molecular complexity index is 293. The van der Waals surface area contributed by atoms with Crippen LogP contribution in [0.3, 0.4) is 0 Å². The lowest BCUT2D eigenvalue weighted by molar-refractivity contribution is -0.137. The number of carbonyl (C=O) groups is 1. The molecule has 1 aliphatic carbocycles. The molecular formula is C14H25NO2. The lowest BCUT2D eigenvalue weighted by atomic mass is 9.82. The van der Waals surface area contributed by atoms with Gasteiger partial charge < -0.3 is 10.0 Å². The van der Waals surface area contributed by atoms with Crippen molar-refractivity contribution in [1.29, 1.82) is 0 Å². The third-order valence-electron chi connectivity index (χ3n) is 4.29. The molecule has 2 aliphatic rings. The molecular weight excluding hydrogens is 214 g/mol. The summed E-state index contributed by atoms with van der Waals surface area (Å²) in [5, 5.41) is 10.4. The smallest absolute Gasteiger partial charge is 0.225 e. The molecule has 0 aromatic heterocycles. The van der Waals surface area contributed by atoms with Crippen molar-refractivity contribution in [3.63, 3.8) is 0 Å². The summed E-state index contributed by atoms with van der Waals surface area (Å²) in [4.78, 5) is 14.1. The van der Waals surface area contributed by atoms with Gasteiger partial charge in [0, 0.05) is 13.1 Å². The fraction of sp³-hybridized carbons (Fsp3) is 0.929. The van der Waals surface area contributed by atoms with Gasteiger partial charge in [0.05, 0.1) is 12.0 Å². The summed E-state index contributed by atoms with van der Waals surface area (Å²) in [6.45, 7) is 6.12. The fourth-order valence-corrected chi connectivity index (χ4v) is 3.11. The molecule has 0 unspecified atom stereocenters. The van der Waals surface area contributed by atoms with Gasteiger partial charge in [-0.15, -0.1) is 0 Å². The van der Waals surface area contributed by atoms with Crippen molar-refractivity contribution in [2.75, 3.05) is 13.1 Å². The highest BCUT2D eigenvalue weighted by molar-refractivity contribution is 5.77. The molecule has 0 radical (unpaired) electrons. The minimum Gasteiger partial charge on any atom is -0.389 e. The maximum Gasteiger partial charge on any atom is 0.225 e. The fourth-order valence-electron chi connectivity index (χ4n) is 3.11. The van der Waals surface area contributed by atoms with Gasteiger partial charge in [-0.1, -0.05) is 33.1 Å². The molecule has 1 N–H and O–H groups in total. The van der Waals surface area contributed by atoms with Crippen molar-refractivity contribution in [2.24, 2.45) is 5.41 Å². The van der Waals surface area contributed by atoms with Crippen LogP contribution in [-0.4, -0.2) is 34.6 Å². The van der Waals surface area contributed by atoms with Crippen LogP contribution in [0.1, 0.15) is 58.8 Å². The highest BCUT2D eigenvalue weighted by atomic mass is 16.3. The van der Waals surface area contributed by atoms with E-state index in [1.54, 1.807) is 0 Å². The van der Waals surface area contributed by atoms with Crippen LogP contribution in [0, 0.1) is 5.41 Å². The number of nitrogens with zero attached hydrogens (tertiary/aromatic N) is 1. The Morgan fingerprint density at radius 3 is 2.35 bits per heavy atom. The highest BCUT2D eigenvalue weighted by Crippen LogP contribution is 2.34. The van der Waals surface area contributed by atoms with E-state index in [2.05, 4.69) is 13.8 Å². The number of rotatable bonds is 2. The zero-order valence-corrected chi connectivity index (χ0v) is 11.2. The zero-order chi connectivity index (χ0) is 12.5. The van der Waals surface area contributed by atoms with Gasteiger partial charge in [0.1, 0.15) is 0 Å². The molecule has 1 saturated carbocycles. The van der Waals surface area contributed by atoms with Crippen LogP contribution in [0.25, 0.3) is 0 Å². The van der Waals surface area contributed by atoms with Gasteiger partial charge >= 0.3 is 0 Å². The first-order chi connectivity index (χ1) is 7.90. The van der Waals surface area contributed by atoms with E-state index in [0.717, 1.165) is 45.2 Å². The molecule has 1 heterocycles. The predicted octanol–water partition coefficient (Wildman–Crippen LogP) is 2.33. The Hall–Kier alpha value is -0.570. The van der Waals surface area contributed by atoms with E-state index in [1.165, 1.54) is 6.42 Å². The van der Waals surface area contributed by atoms with Crippen LogP contribution < -0.4 is 0 Å². The first kappa shape index (κ1) is 12.9. The molecule has 98 valence electrons.